The van der Waals surface area contributed by atoms with Crippen LogP contribution in [0.1, 0.15) is 31.2 Å². The number of benzene rings is 1. The molecule has 0 aliphatic heterocycles. The molecule has 2 N–H and O–H groups in total. The number of carbonyl (C=O) groups is 1. The summed E-state index contributed by atoms with van der Waals surface area (Å²) in [5.41, 5.74) is 1.19. The highest BCUT2D eigenvalue weighted by Crippen LogP contribution is 2.45. The van der Waals surface area contributed by atoms with E-state index in [1.807, 2.05) is 30.3 Å². The van der Waals surface area contributed by atoms with Crippen LogP contribution in [0, 0.1) is 29.6 Å². The average Bonchev–Trinajstić information content (AvgIpc) is 2.52. The Hall–Kier alpha value is -1.63. The number of aryl methyl sites for hydroxylation is 1. The molecule has 0 heterocycles. The second-order valence-corrected chi connectivity index (χ2v) is 6.44. The van der Waals surface area contributed by atoms with E-state index in [4.69, 9.17) is 0 Å². The Morgan fingerprint density at radius 1 is 1.23 bits per heavy atom. The van der Waals surface area contributed by atoms with Crippen LogP contribution in [0.3, 0.4) is 0 Å². The second-order valence-electron chi connectivity index (χ2n) is 6.44. The van der Waals surface area contributed by atoms with Gasteiger partial charge in [0.25, 0.3) is 0 Å². The van der Waals surface area contributed by atoms with Gasteiger partial charge in [-0.25, -0.2) is 0 Å². The fourth-order valence-corrected chi connectivity index (χ4v) is 3.59. The Morgan fingerprint density at radius 2 is 2.00 bits per heavy atom. The first kappa shape index (κ1) is 15.3. The zero-order chi connectivity index (χ0) is 15.5. The standard InChI is InChI=1S/C19H22O3/c20-14(7-6-13-4-2-1-3-5-13)8-9-15-17-12-19(22)16(17)10-11-18(15)21/h1-5,14-18,20-21H,6-7,10-12H2/t14-,15?,16+,17?,18-/m0/s1. The quantitative estimate of drug-likeness (QED) is 0.839. The third-order valence-corrected chi connectivity index (χ3v) is 4.98. The fourth-order valence-electron chi connectivity index (χ4n) is 3.59. The molecule has 1 aromatic carbocycles. The van der Waals surface area contributed by atoms with E-state index in [-0.39, 0.29) is 17.8 Å². The van der Waals surface area contributed by atoms with E-state index in [0.717, 1.165) is 12.8 Å². The van der Waals surface area contributed by atoms with E-state index >= 15 is 0 Å². The molecule has 0 amide bonds. The SMILES string of the molecule is O=C1CC2C(C#C[C@@H](O)CCc3ccccc3)[C@@H](O)CC[C@@H]12. The van der Waals surface area contributed by atoms with Crippen molar-refractivity contribution in [3.8, 4) is 11.8 Å². The van der Waals surface area contributed by atoms with E-state index in [1.165, 1.54) is 5.56 Å². The summed E-state index contributed by atoms with van der Waals surface area (Å²) >= 11 is 0. The zero-order valence-corrected chi connectivity index (χ0v) is 12.6. The first-order chi connectivity index (χ1) is 10.6. The first-order valence-electron chi connectivity index (χ1n) is 8.09. The highest BCUT2D eigenvalue weighted by molar-refractivity contribution is 5.87. The van der Waals surface area contributed by atoms with Gasteiger partial charge in [0.15, 0.2) is 0 Å². The molecule has 0 spiro atoms. The summed E-state index contributed by atoms with van der Waals surface area (Å²) in [5, 5.41) is 20.1. The summed E-state index contributed by atoms with van der Waals surface area (Å²) in [7, 11) is 0. The minimum absolute atomic E-state index is 0.101. The van der Waals surface area contributed by atoms with Crippen molar-refractivity contribution < 1.29 is 15.0 Å². The van der Waals surface area contributed by atoms with Gasteiger partial charge in [-0.3, -0.25) is 4.79 Å². The van der Waals surface area contributed by atoms with Crippen molar-refractivity contribution >= 4 is 5.78 Å². The number of aliphatic hydroxyl groups excluding tert-OH is 2. The third-order valence-electron chi connectivity index (χ3n) is 4.98. The van der Waals surface area contributed by atoms with E-state index in [9.17, 15) is 15.0 Å². The molecule has 22 heavy (non-hydrogen) atoms. The lowest BCUT2D eigenvalue weighted by atomic mass is 9.59. The molecule has 0 bridgehead atoms. The van der Waals surface area contributed by atoms with Gasteiger partial charge in [-0.1, -0.05) is 42.2 Å². The zero-order valence-electron chi connectivity index (χ0n) is 12.6. The number of hydrogen-bond donors (Lipinski definition) is 2. The number of ketones is 1. The predicted octanol–water partition coefficient (Wildman–Crippen LogP) is 1.96. The molecule has 2 unspecified atom stereocenters. The van der Waals surface area contributed by atoms with Crippen molar-refractivity contribution in [3.63, 3.8) is 0 Å². The van der Waals surface area contributed by atoms with Crippen molar-refractivity contribution in [2.75, 3.05) is 0 Å². The highest BCUT2D eigenvalue weighted by atomic mass is 16.3. The van der Waals surface area contributed by atoms with Crippen LogP contribution in [0.2, 0.25) is 0 Å². The summed E-state index contributed by atoms with van der Waals surface area (Å²) in [6.45, 7) is 0. The molecule has 116 valence electrons. The van der Waals surface area contributed by atoms with Crippen LogP contribution in [0.5, 0.6) is 0 Å². The average molecular weight is 298 g/mol. The summed E-state index contributed by atoms with van der Waals surface area (Å²) in [6, 6.07) is 10.0. The van der Waals surface area contributed by atoms with Crippen molar-refractivity contribution in [1.29, 1.82) is 0 Å². The van der Waals surface area contributed by atoms with E-state index in [0.29, 0.717) is 25.0 Å². The number of Topliss-reactive ketones (excluding diaryl/α,β-unsaturated/α-hetero) is 1. The Bertz CT molecular complexity index is 584. The van der Waals surface area contributed by atoms with Gasteiger partial charge in [0.05, 0.1) is 12.0 Å². The normalized spacial score (nSPS) is 31.5. The highest BCUT2D eigenvalue weighted by Gasteiger charge is 2.48. The number of carbonyl (C=O) groups excluding carboxylic acids is 1. The van der Waals surface area contributed by atoms with Gasteiger partial charge in [0.1, 0.15) is 11.9 Å². The van der Waals surface area contributed by atoms with Gasteiger partial charge in [-0.2, -0.15) is 0 Å². The van der Waals surface area contributed by atoms with Crippen LogP contribution in [0.25, 0.3) is 0 Å². The second kappa shape index (κ2) is 6.64. The molecular weight excluding hydrogens is 276 g/mol. The lowest BCUT2D eigenvalue weighted by Crippen LogP contribution is -2.49. The molecule has 2 fully saturated rings. The molecule has 3 heteroatoms. The maximum Gasteiger partial charge on any atom is 0.136 e. The minimum Gasteiger partial charge on any atom is -0.392 e. The molecule has 5 atom stereocenters. The largest absolute Gasteiger partial charge is 0.392 e. The molecular formula is C19H22O3. The van der Waals surface area contributed by atoms with Crippen LogP contribution in [-0.2, 0) is 11.2 Å². The van der Waals surface area contributed by atoms with E-state index in [2.05, 4.69) is 11.8 Å². The van der Waals surface area contributed by atoms with Crippen LogP contribution >= 0.6 is 0 Å². The molecule has 1 aromatic rings. The van der Waals surface area contributed by atoms with Crippen molar-refractivity contribution in [2.45, 2.75) is 44.3 Å². The smallest absolute Gasteiger partial charge is 0.136 e. The molecule has 0 radical (unpaired) electrons. The predicted molar refractivity (Wildman–Crippen MR) is 83.9 cm³/mol. The maximum atomic E-state index is 11.5. The topological polar surface area (TPSA) is 57.5 Å². The number of aliphatic hydroxyl groups is 2. The van der Waals surface area contributed by atoms with E-state index in [1.54, 1.807) is 0 Å². The maximum absolute atomic E-state index is 11.5. The van der Waals surface area contributed by atoms with Gasteiger partial charge in [-0.15, -0.1) is 0 Å². The lowest BCUT2D eigenvalue weighted by Gasteiger charge is -2.44. The van der Waals surface area contributed by atoms with Crippen molar-refractivity contribution in [3.05, 3.63) is 35.9 Å². The van der Waals surface area contributed by atoms with Crippen LogP contribution in [0.15, 0.2) is 30.3 Å². The van der Waals surface area contributed by atoms with Crippen molar-refractivity contribution in [2.24, 2.45) is 17.8 Å². The van der Waals surface area contributed by atoms with Crippen LogP contribution < -0.4 is 0 Å². The minimum atomic E-state index is -0.677. The van der Waals surface area contributed by atoms with Gasteiger partial charge < -0.3 is 10.2 Å². The number of fused-ring (bicyclic) bond motifs is 1. The van der Waals surface area contributed by atoms with Gasteiger partial charge in [0, 0.05) is 12.3 Å². The Kier molecular flexibility index (Phi) is 4.61. The van der Waals surface area contributed by atoms with Gasteiger partial charge in [-0.05, 0) is 37.2 Å². The Morgan fingerprint density at radius 3 is 2.73 bits per heavy atom. The molecule has 2 aliphatic rings. The Balaban J connectivity index is 1.56. The fraction of sp³-hybridized carbons (Fsp3) is 0.526. The monoisotopic (exact) mass is 298 g/mol. The third kappa shape index (κ3) is 3.24. The molecule has 3 nitrogen and oxygen atoms in total. The lowest BCUT2D eigenvalue weighted by molar-refractivity contribution is -0.141. The van der Waals surface area contributed by atoms with Gasteiger partial charge >= 0.3 is 0 Å². The number of hydrogen-bond acceptors (Lipinski definition) is 3. The van der Waals surface area contributed by atoms with Crippen LogP contribution in [-0.4, -0.2) is 28.2 Å². The van der Waals surface area contributed by atoms with Crippen molar-refractivity contribution in [1.82, 2.24) is 0 Å². The summed E-state index contributed by atoms with van der Waals surface area (Å²) in [5.74, 6) is 6.41. The Labute approximate surface area is 131 Å². The molecule has 2 saturated carbocycles. The van der Waals surface area contributed by atoms with E-state index < -0.39 is 12.2 Å². The summed E-state index contributed by atoms with van der Waals surface area (Å²) in [6.07, 6.45) is 2.22. The van der Waals surface area contributed by atoms with Gasteiger partial charge in [0.2, 0.25) is 0 Å². The summed E-state index contributed by atoms with van der Waals surface area (Å²) in [4.78, 5) is 11.5. The molecule has 0 saturated heterocycles. The number of rotatable bonds is 3. The molecule has 0 aromatic heterocycles. The molecule has 3 rings (SSSR count). The first-order valence-corrected chi connectivity index (χ1v) is 8.09. The summed E-state index contributed by atoms with van der Waals surface area (Å²) < 4.78 is 0. The van der Waals surface area contributed by atoms with Crippen LogP contribution in [0.4, 0.5) is 0 Å². The molecule has 2 aliphatic carbocycles.